The molecule has 4 heteroatoms. The molecule has 0 bridgehead atoms. The maximum absolute atomic E-state index is 11.0. The summed E-state index contributed by atoms with van der Waals surface area (Å²) in [6.45, 7) is 5.99. The molecule has 0 aromatic heterocycles. The molecule has 3 nitrogen and oxygen atoms in total. The van der Waals surface area contributed by atoms with Crippen LogP contribution in [0, 0.1) is 5.92 Å². The van der Waals surface area contributed by atoms with Crippen molar-refractivity contribution < 1.29 is 4.79 Å². The maximum atomic E-state index is 11.0. The van der Waals surface area contributed by atoms with Crippen LogP contribution in [0.1, 0.15) is 46.5 Å². The van der Waals surface area contributed by atoms with Crippen LogP contribution < -0.4 is 5.32 Å². The Kier molecular flexibility index (Phi) is 5.80. The zero-order chi connectivity index (χ0) is 13.0. The molecular formula is C13H26N2OS. The van der Waals surface area contributed by atoms with Gasteiger partial charge in [-0.25, -0.2) is 0 Å². The largest absolute Gasteiger partial charge is 0.345 e. The second-order valence-corrected chi connectivity index (χ2v) is 5.85. The number of thiol groups is 1. The summed E-state index contributed by atoms with van der Waals surface area (Å²) in [7, 11) is 2.21. The van der Waals surface area contributed by atoms with Crippen LogP contribution in [-0.2, 0) is 4.79 Å². The maximum Gasteiger partial charge on any atom is 0.217 e. The summed E-state index contributed by atoms with van der Waals surface area (Å²) >= 11 is 4.50. The first-order valence-corrected chi connectivity index (χ1v) is 7.14. The molecule has 3 unspecified atom stereocenters. The normalized spacial score (nSPS) is 21.1. The minimum absolute atomic E-state index is 0.00616. The van der Waals surface area contributed by atoms with E-state index in [0.717, 1.165) is 18.9 Å². The van der Waals surface area contributed by atoms with Crippen LogP contribution >= 0.6 is 12.6 Å². The number of amides is 1. The molecule has 1 fully saturated rings. The van der Waals surface area contributed by atoms with Crippen molar-refractivity contribution in [3.8, 4) is 0 Å². The molecule has 1 saturated carbocycles. The Hall–Kier alpha value is -0.220. The van der Waals surface area contributed by atoms with E-state index >= 15 is 0 Å². The highest BCUT2D eigenvalue weighted by molar-refractivity contribution is 7.80. The molecule has 0 radical (unpaired) electrons. The first kappa shape index (κ1) is 14.8. The van der Waals surface area contributed by atoms with Crippen molar-refractivity contribution in [3.05, 3.63) is 0 Å². The molecule has 0 spiro atoms. The highest BCUT2D eigenvalue weighted by Gasteiger charge is 2.30. The summed E-state index contributed by atoms with van der Waals surface area (Å²) in [5.74, 6) is 0.449. The molecule has 1 amide bonds. The SMILES string of the molecule is CCC(CC(C)N(C)C1CC1)C(S)NC(C)=O. The molecule has 0 heterocycles. The zero-order valence-corrected chi connectivity index (χ0v) is 12.3. The monoisotopic (exact) mass is 258 g/mol. The summed E-state index contributed by atoms with van der Waals surface area (Å²) in [4.78, 5) is 13.5. The fraction of sp³-hybridized carbons (Fsp3) is 0.923. The first-order chi connectivity index (χ1) is 7.95. The number of nitrogens with one attached hydrogen (secondary N) is 1. The van der Waals surface area contributed by atoms with E-state index in [-0.39, 0.29) is 11.3 Å². The lowest BCUT2D eigenvalue weighted by Gasteiger charge is -2.30. The molecule has 0 saturated heterocycles. The lowest BCUT2D eigenvalue weighted by Crippen LogP contribution is -2.39. The van der Waals surface area contributed by atoms with Crippen molar-refractivity contribution in [2.75, 3.05) is 7.05 Å². The third-order valence-electron chi connectivity index (χ3n) is 3.78. The fourth-order valence-corrected chi connectivity index (χ4v) is 2.81. The van der Waals surface area contributed by atoms with Gasteiger partial charge in [0.2, 0.25) is 5.91 Å². The third-order valence-corrected chi connectivity index (χ3v) is 4.33. The molecule has 3 atom stereocenters. The van der Waals surface area contributed by atoms with Crippen molar-refractivity contribution in [1.82, 2.24) is 10.2 Å². The molecule has 0 aromatic rings. The van der Waals surface area contributed by atoms with Crippen LogP contribution in [0.2, 0.25) is 0 Å². The van der Waals surface area contributed by atoms with Crippen molar-refractivity contribution in [1.29, 1.82) is 0 Å². The van der Waals surface area contributed by atoms with E-state index < -0.39 is 0 Å². The molecule has 1 aliphatic carbocycles. The second-order valence-electron chi connectivity index (χ2n) is 5.30. The van der Waals surface area contributed by atoms with Crippen LogP contribution in [-0.4, -0.2) is 35.3 Å². The van der Waals surface area contributed by atoms with Gasteiger partial charge in [-0.2, -0.15) is 12.6 Å². The van der Waals surface area contributed by atoms with E-state index in [0.29, 0.717) is 12.0 Å². The number of carbonyl (C=O) groups excluding carboxylic acids is 1. The zero-order valence-electron chi connectivity index (χ0n) is 11.4. The Balaban J connectivity index is 2.41. The lowest BCUT2D eigenvalue weighted by molar-refractivity contribution is -0.119. The fourth-order valence-electron chi connectivity index (χ4n) is 2.29. The van der Waals surface area contributed by atoms with E-state index in [1.807, 2.05) is 0 Å². The van der Waals surface area contributed by atoms with Gasteiger partial charge in [-0.15, -0.1) is 0 Å². The van der Waals surface area contributed by atoms with Gasteiger partial charge in [0, 0.05) is 19.0 Å². The number of hydrogen-bond acceptors (Lipinski definition) is 3. The van der Waals surface area contributed by atoms with E-state index in [1.54, 1.807) is 6.92 Å². The molecule has 0 aromatic carbocycles. The summed E-state index contributed by atoms with van der Waals surface area (Å²) < 4.78 is 0. The Bertz CT molecular complexity index is 256. The van der Waals surface area contributed by atoms with Crippen LogP contribution in [0.25, 0.3) is 0 Å². The Labute approximate surface area is 111 Å². The van der Waals surface area contributed by atoms with E-state index in [1.165, 1.54) is 12.8 Å². The minimum atomic E-state index is -0.0208. The Morgan fingerprint density at radius 2 is 2.12 bits per heavy atom. The predicted octanol–water partition coefficient (Wildman–Crippen LogP) is 2.28. The molecule has 1 N–H and O–H groups in total. The van der Waals surface area contributed by atoms with Crippen LogP contribution in [0.4, 0.5) is 0 Å². The van der Waals surface area contributed by atoms with E-state index in [4.69, 9.17) is 0 Å². The van der Waals surface area contributed by atoms with Crippen molar-refractivity contribution in [2.45, 2.75) is 63.9 Å². The first-order valence-electron chi connectivity index (χ1n) is 6.62. The average Bonchev–Trinajstić information content (AvgIpc) is 3.06. The van der Waals surface area contributed by atoms with Crippen molar-refractivity contribution in [2.24, 2.45) is 5.92 Å². The quantitative estimate of drug-likeness (QED) is 0.542. The number of rotatable bonds is 7. The molecule has 100 valence electrons. The van der Waals surface area contributed by atoms with Gasteiger partial charge in [0.15, 0.2) is 0 Å². The van der Waals surface area contributed by atoms with E-state index in [2.05, 4.69) is 43.7 Å². The van der Waals surface area contributed by atoms with Crippen LogP contribution in [0.5, 0.6) is 0 Å². The van der Waals surface area contributed by atoms with Gasteiger partial charge < -0.3 is 10.2 Å². The summed E-state index contributed by atoms with van der Waals surface area (Å²) in [5.41, 5.74) is 0. The van der Waals surface area contributed by atoms with Gasteiger partial charge in [-0.05, 0) is 39.2 Å². The van der Waals surface area contributed by atoms with Gasteiger partial charge in [0.05, 0.1) is 5.37 Å². The smallest absolute Gasteiger partial charge is 0.217 e. The summed E-state index contributed by atoms with van der Waals surface area (Å²) in [6.07, 6.45) is 4.83. The summed E-state index contributed by atoms with van der Waals surface area (Å²) in [5, 5.41) is 2.87. The highest BCUT2D eigenvalue weighted by atomic mass is 32.1. The third kappa shape index (κ3) is 4.88. The topological polar surface area (TPSA) is 32.3 Å². The number of nitrogens with zero attached hydrogens (tertiary/aromatic N) is 1. The lowest BCUT2D eigenvalue weighted by atomic mass is 9.96. The number of carbonyl (C=O) groups is 1. The second kappa shape index (κ2) is 6.64. The molecule has 17 heavy (non-hydrogen) atoms. The summed E-state index contributed by atoms with van der Waals surface area (Å²) in [6, 6.07) is 1.36. The molecule has 1 rings (SSSR count). The Morgan fingerprint density at radius 1 is 1.53 bits per heavy atom. The molecule has 0 aliphatic heterocycles. The van der Waals surface area contributed by atoms with Gasteiger partial charge in [-0.3, -0.25) is 4.79 Å². The van der Waals surface area contributed by atoms with Crippen molar-refractivity contribution in [3.63, 3.8) is 0 Å². The Morgan fingerprint density at radius 3 is 2.53 bits per heavy atom. The minimum Gasteiger partial charge on any atom is -0.345 e. The van der Waals surface area contributed by atoms with Gasteiger partial charge >= 0.3 is 0 Å². The highest BCUT2D eigenvalue weighted by Crippen LogP contribution is 2.30. The van der Waals surface area contributed by atoms with Gasteiger partial charge in [-0.1, -0.05) is 13.3 Å². The predicted molar refractivity (Wildman–Crippen MR) is 75.2 cm³/mol. The van der Waals surface area contributed by atoms with Crippen LogP contribution in [0.15, 0.2) is 0 Å². The van der Waals surface area contributed by atoms with Gasteiger partial charge in [0.25, 0.3) is 0 Å². The number of hydrogen-bond donors (Lipinski definition) is 2. The van der Waals surface area contributed by atoms with E-state index in [9.17, 15) is 4.79 Å². The molecular weight excluding hydrogens is 232 g/mol. The van der Waals surface area contributed by atoms with Crippen LogP contribution in [0.3, 0.4) is 0 Å². The van der Waals surface area contributed by atoms with Gasteiger partial charge in [0.1, 0.15) is 0 Å². The van der Waals surface area contributed by atoms with Crippen molar-refractivity contribution >= 4 is 18.5 Å². The average molecular weight is 258 g/mol. The molecule has 1 aliphatic rings. The standard InChI is InChI=1S/C13H26N2OS/c1-5-11(13(17)14-10(3)16)8-9(2)15(4)12-6-7-12/h9,11-13,17H,5-8H2,1-4H3,(H,14,16).